The zero-order chi connectivity index (χ0) is 15.5. The standard InChI is InChI=1S/C16H17N3O2S/c1-11-18-13(10-22-11)16(21)19-8-7-17-15(20)14(19)9-12-5-3-2-4-6-12/h2-6,10,14H,7-9H2,1H3,(H,17,20)/t14-/m0/s1. The highest BCUT2D eigenvalue weighted by atomic mass is 32.1. The number of amides is 2. The van der Waals surface area contributed by atoms with Crippen LogP contribution >= 0.6 is 11.3 Å². The van der Waals surface area contributed by atoms with E-state index in [4.69, 9.17) is 0 Å². The van der Waals surface area contributed by atoms with Crippen molar-refractivity contribution in [3.63, 3.8) is 0 Å². The van der Waals surface area contributed by atoms with Crippen LogP contribution in [0.25, 0.3) is 0 Å². The molecule has 1 aromatic carbocycles. The first-order valence-corrected chi connectivity index (χ1v) is 8.08. The van der Waals surface area contributed by atoms with Gasteiger partial charge in [-0.25, -0.2) is 4.98 Å². The summed E-state index contributed by atoms with van der Waals surface area (Å²) in [7, 11) is 0. The first-order chi connectivity index (χ1) is 10.6. The Kier molecular flexibility index (Phi) is 4.20. The maximum Gasteiger partial charge on any atom is 0.274 e. The van der Waals surface area contributed by atoms with Gasteiger partial charge in [0.1, 0.15) is 11.7 Å². The summed E-state index contributed by atoms with van der Waals surface area (Å²) in [6, 6.07) is 9.27. The van der Waals surface area contributed by atoms with Crippen LogP contribution in [-0.2, 0) is 11.2 Å². The quantitative estimate of drug-likeness (QED) is 0.936. The fourth-order valence-electron chi connectivity index (χ4n) is 2.61. The number of hydrogen-bond donors (Lipinski definition) is 1. The van der Waals surface area contributed by atoms with E-state index in [0.29, 0.717) is 25.2 Å². The van der Waals surface area contributed by atoms with Crippen molar-refractivity contribution < 1.29 is 9.59 Å². The Labute approximate surface area is 133 Å². The second-order valence-corrected chi connectivity index (χ2v) is 6.31. The van der Waals surface area contributed by atoms with Crippen molar-refractivity contribution in [3.8, 4) is 0 Å². The van der Waals surface area contributed by atoms with Gasteiger partial charge in [-0.15, -0.1) is 11.3 Å². The number of nitrogens with zero attached hydrogens (tertiary/aromatic N) is 2. The van der Waals surface area contributed by atoms with E-state index in [-0.39, 0.29) is 11.8 Å². The van der Waals surface area contributed by atoms with E-state index in [9.17, 15) is 9.59 Å². The van der Waals surface area contributed by atoms with Crippen LogP contribution in [0.5, 0.6) is 0 Å². The van der Waals surface area contributed by atoms with Gasteiger partial charge in [-0.2, -0.15) is 0 Å². The normalized spacial score (nSPS) is 18.1. The molecule has 1 saturated heterocycles. The molecule has 1 aliphatic heterocycles. The highest BCUT2D eigenvalue weighted by molar-refractivity contribution is 7.09. The van der Waals surface area contributed by atoms with Gasteiger partial charge in [0.25, 0.3) is 5.91 Å². The predicted octanol–water partition coefficient (Wildman–Crippen LogP) is 1.63. The lowest BCUT2D eigenvalue weighted by molar-refractivity contribution is -0.127. The molecule has 2 heterocycles. The van der Waals surface area contributed by atoms with Crippen LogP contribution < -0.4 is 5.32 Å². The maximum atomic E-state index is 12.6. The second-order valence-electron chi connectivity index (χ2n) is 5.25. The molecule has 1 fully saturated rings. The summed E-state index contributed by atoms with van der Waals surface area (Å²) in [5.41, 5.74) is 1.46. The third-order valence-electron chi connectivity index (χ3n) is 3.70. The van der Waals surface area contributed by atoms with Crippen molar-refractivity contribution in [2.24, 2.45) is 0 Å². The van der Waals surface area contributed by atoms with Gasteiger partial charge in [0, 0.05) is 24.9 Å². The van der Waals surface area contributed by atoms with E-state index in [1.807, 2.05) is 37.3 Å². The van der Waals surface area contributed by atoms with Crippen molar-refractivity contribution in [2.45, 2.75) is 19.4 Å². The molecule has 114 valence electrons. The number of nitrogens with one attached hydrogen (secondary N) is 1. The minimum atomic E-state index is -0.481. The van der Waals surface area contributed by atoms with Crippen LogP contribution in [0.15, 0.2) is 35.7 Å². The van der Waals surface area contributed by atoms with E-state index < -0.39 is 6.04 Å². The lowest BCUT2D eigenvalue weighted by atomic mass is 10.0. The van der Waals surface area contributed by atoms with Crippen LogP contribution in [0.4, 0.5) is 0 Å². The molecular formula is C16H17N3O2S. The predicted molar refractivity (Wildman–Crippen MR) is 84.8 cm³/mol. The molecule has 6 heteroatoms. The Bertz CT molecular complexity index is 684. The molecule has 0 saturated carbocycles. The molecule has 1 N–H and O–H groups in total. The van der Waals surface area contributed by atoms with Crippen LogP contribution in [-0.4, -0.2) is 40.8 Å². The minimum Gasteiger partial charge on any atom is -0.353 e. The zero-order valence-corrected chi connectivity index (χ0v) is 13.1. The van der Waals surface area contributed by atoms with E-state index in [0.717, 1.165) is 10.6 Å². The van der Waals surface area contributed by atoms with Gasteiger partial charge in [-0.1, -0.05) is 30.3 Å². The molecular weight excluding hydrogens is 298 g/mol. The lowest BCUT2D eigenvalue weighted by Gasteiger charge is -2.34. The van der Waals surface area contributed by atoms with Gasteiger partial charge in [-0.05, 0) is 12.5 Å². The fourth-order valence-corrected chi connectivity index (χ4v) is 3.19. The Morgan fingerprint density at radius 3 is 2.86 bits per heavy atom. The van der Waals surface area contributed by atoms with Gasteiger partial charge in [0.2, 0.25) is 5.91 Å². The lowest BCUT2D eigenvalue weighted by Crippen LogP contribution is -2.58. The highest BCUT2D eigenvalue weighted by Crippen LogP contribution is 2.17. The molecule has 1 aromatic heterocycles. The monoisotopic (exact) mass is 315 g/mol. The van der Waals surface area contributed by atoms with Crippen LogP contribution in [0, 0.1) is 6.92 Å². The third kappa shape index (κ3) is 3.01. The van der Waals surface area contributed by atoms with Gasteiger partial charge >= 0.3 is 0 Å². The molecule has 0 aliphatic carbocycles. The van der Waals surface area contributed by atoms with Gasteiger partial charge < -0.3 is 10.2 Å². The number of rotatable bonds is 3. The average molecular weight is 315 g/mol. The number of carbonyl (C=O) groups is 2. The van der Waals surface area contributed by atoms with Gasteiger partial charge in [-0.3, -0.25) is 9.59 Å². The second kappa shape index (κ2) is 6.27. The van der Waals surface area contributed by atoms with E-state index >= 15 is 0 Å². The number of piperazine rings is 1. The molecule has 2 amide bonds. The van der Waals surface area contributed by atoms with Crippen LogP contribution in [0.2, 0.25) is 0 Å². The number of aromatic nitrogens is 1. The molecule has 1 aliphatic rings. The number of thiazole rings is 1. The Morgan fingerprint density at radius 1 is 1.41 bits per heavy atom. The molecule has 0 spiro atoms. The Balaban J connectivity index is 1.83. The average Bonchev–Trinajstić information content (AvgIpc) is 2.96. The molecule has 1 atom stereocenters. The zero-order valence-electron chi connectivity index (χ0n) is 12.3. The Morgan fingerprint density at radius 2 is 2.18 bits per heavy atom. The summed E-state index contributed by atoms with van der Waals surface area (Å²) in [4.78, 5) is 30.8. The van der Waals surface area contributed by atoms with Crippen molar-refractivity contribution >= 4 is 23.2 Å². The SMILES string of the molecule is Cc1nc(C(=O)N2CCNC(=O)[C@@H]2Cc2ccccc2)cs1. The summed E-state index contributed by atoms with van der Waals surface area (Å²) in [6.07, 6.45) is 0.515. The van der Waals surface area contributed by atoms with Crippen molar-refractivity contribution in [3.05, 3.63) is 52.0 Å². The summed E-state index contributed by atoms with van der Waals surface area (Å²) in [5, 5.41) is 5.45. The van der Waals surface area contributed by atoms with Crippen LogP contribution in [0.3, 0.4) is 0 Å². The molecule has 0 radical (unpaired) electrons. The topological polar surface area (TPSA) is 62.3 Å². The van der Waals surface area contributed by atoms with E-state index in [1.54, 1.807) is 10.3 Å². The smallest absolute Gasteiger partial charge is 0.274 e. The summed E-state index contributed by atoms with van der Waals surface area (Å²) < 4.78 is 0. The molecule has 22 heavy (non-hydrogen) atoms. The molecule has 2 aromatic rings. The third-order valence-corrected chi connectivity index (χ3v) is 4.48. The molecule has 3 rings (SSSR count). The van der Waals surface area contributed by atoms with Gasteiger partial charge in [0.15, 0.2) is 0 Å². The first-order valence-electron chi connectivity index (χ1n) is 7.20. The van der Waals surface area contributed by atoms with Gasteiger partial charge in [0.05, 0.1) is 5.01 Å². The first kappa shape index (κ1) is 14.7. The number of hydrogen-bond acceptors (Lipinski definition) is 4. The molecule has 0 bridgehead atoms. The molecule has 5 nitrogen and oxygen atoms in total. The highest BCUT2D eigenvalue weighted by Gasteiger charge is 2.34. The van der Waals surface area contributed by atoms with E-state index in [2.05, 4.69) is 10.3 Å². The van der Waals surface area contributed by atoms with Crippen LogP contribution in [0.1, 0.15) is 21.1 Å². The molecule has 0 unspecified atom stereocenters. The summed E-state index contributed by atoms with van der Waals surface area (Å²) in [5.74, 6) is -0.268. The number of benzene rings is 1. The Hall–Kier alpha value is -2.21. The van der Waals surface area contributed by atoms with Crippen molar-refractivity contribution in [2.75, 3.05) is 13.1 Å². The number of aryl methyl sites for hydroxylation is 1. The summed E-state index contributed by atoms with van der Waals surface area (Å²) in [6.45, 7) is 2.86. The minimum absolute atomic E-state index is 0.101. The summed E-state index contributed by atoms with van der Waals surface area (Å²) >= 11 is 1.44. The maximum absolute atomic E-state index is 12.6. The van der Waals surface area contributed by atoms with Crippen molar-refractivity contribution in [1.82, 2.24) is 15.2 Å². The fraction of sp³-hybridized carbons (Fsp3) is 0.312. The van der Waals surface area contributed by atoms with Crippen molar-refractivity contribution in [1.29, 1.82) is 0 Å². The number of carbonyl (C=O) groups excluding carboxylic acids is 2. The van der Waals surface area contributed by atoms with E-state index in [1.165, 1.54) is 11.3 Å². The largest absolute Gasteiger partial charge is 0.353 e.